The number of unbranched alkanes of at least 4 members (excludes halogenated alkanes) is 1. The summed E-state index contributed by atoms with van der Waals surface area (Å²) in [6, 6.07) is 3.64. The molecular formula is C19H31NO3S. The lowest BCUT2D eigenvalue weighted by molar-refractivity contribution is 0.221. The first-order chi connectivity index (χ1) is 11.3. The fourth-order valence-electron chi connectivity index (χ4n) is 3.35. The second-order valence-electron chi connectivity index (χ2n) is 7.35. The number of ether oxygens (including phenoxy) is 1. The minimum Gasteiger partial charge on any atom is -0.492 e. The lowest BCUT2D eigenvalue weighted by atomic mass is 9.94. The minimum absolute atomic E-state index is 0.322. The summed E-state index contributed by atoms with van der Waals surface area (Å²) < 4.78 is 34.0. The van der Waals surface area contributed by atoms with Gasteiger partial charge in [-0.15, -0.1) is 0 Å². The van der Waals surface area contributed by atoms with Gasteiger partial charge in [0.2, 0.25) is 10.0 Å². The zero-order valence-electron chi connectivity index (χ0n) is 15.6. The molecule has 5 heteroatoms. The minimum atomic E-state index is -3.53. The first-order valence-electron chi connectivity index (χ1n) is 8.99. The van der Waals surface area contributed by atoms with E-state index in [1.54, 1.807) is 10.4 Å². The van der Waals surface area contributed by atoms with E-state index in [1.165, 1.54) is 0 Å². The molecular weight excluding hydrogens is 322 g/mol. The largest absolute Gasteiger partial charge is 0.492 e. The summed E-state index contributed by atoms with van der Waals surface area (Å²) in [4.78, 5) is 0.322. The van der Waals surface area contributed by atoms with Crippen LogP contribution in [-0.2, 0) is 10.0 Å². The van der Waals surface area contributed by atoms with Gasteiger partial charge in [0.1, 0.15) is 10.6 Å². The second-order valence-corrected chi connectivity index (χ2v) is 9.26. The van der Waals surface area contributed by atoms with Crippen molar-refractivity contribution < 1.29 is 13.2 Å². The van der Waals surface area contributed by atoms with Crippen LogP contribution >= 0.6 is 0 Å². The number of aryl methyl sites for hydroxylation is 2. The Morgan fingerprint density at radius 3 is 2.29 bits per heavy atom. The smallest absolute Gasteiger partial charge is 0.246 e. The van der Waals surface area contributed by atoms with Crippen LogP contribution in [-0.4, -0.2) is 32.4 Å². The van der Waals surface area contributed by atoms with Gasteiger partial charge < -0.3 is 4.74 Å². The van der Waals surface area contributed by atoms with Crippen LogP contribution < -0.4 is 4.74 Å². The van der Waals surface area contributed by atoms with Crippen molar-refractivity contribution >= 4 is 10.0 Å². The zero-order valence-corrected chi connectivity index (χ0v) is 16.4. The molecule has 0 N–H and O–H groups in total. The van der Waals surface area contributed by atoms with E-state index in [9.17, 15) is 8.42 Å². The molecule has 24 heavy (non-hydrogen) atoms. The number of hydrogen-bond donors (Lipinski definition) is 0. The molecule has 1 aromatic carbocycles. The number of benzene rings is 1. The van der Waals surface area contributed by atoms with Gasteiger partial charge in [-0.2, -0.15) is 4.31 Å². The lowest BCUT2D eigenvalue weighted by Crippen LogP contribution is -2.42. The van der Waals surface area contributed by atoms with Crippen LogP contribution in [0, 0.1) is 25.7 Å². The van der Waals surface area contributed by atoms with Gasteiger partial charge in [0.15, 0.2) is 0 Å². The Morgan fingerprint density at radius 1 is 1.12 bits per heavy atom. The number of nitrogens with zero attached hydrogens (tertiary/aromatic N) is 1. The molecule has 0 aromatic heterocycles. The molecule has 4 nitrogen and oxygen atoms in total. The number of piperidine rings is 1. The Hall–Kier alpha value is -1.07. The third kappa shape index (κ3) is 4.31. The maximum Gasteiger partial charge on any atom is 0.246 e. The monoisotopic (exact) mass is 353 g/mol. The molecule has 0 amide bonds. The Labute approximate surface area is 147 Å². The number of hydrogen-bond acceptors (Lipinski definition) is 3. The van der Waals surface area contributed by atoms with Gasteiger partial charge in [0, 0.05) is 13.1 Å². The molecule has 136 valence electrons. The summed E-state index contributed by atoms with van der Waals surface area (Å²) in [5, 5.41) is 0. The topological polar surface area (TPSA) is 46.6 Å². The standard InChI is InChI=1S/C19H31NO3S/c1-6-7-8-23-18-10-16(4)17(5)11-19(18)24(21,22)20-12-14(2)9-15(3)13-20/h10-11,14-15H,6-9,12-13H2,1-5H3/t14-,15+. The molecule has 1 aliphatic heterocycles. The summed E-state index contributed by atoms with van der Waals surface area (Å²) in [6.45, 7) is 12.0. The molecule has 1 aromatic rings. The van der Waals surface area contributed by atoms with E-state index in [4.69, 9.17) is 4.74 Å². The third-order valence-corrected chi connectivity index (χ3v) is 6.62. The van der Waals surface area contributed by atoms with Gasteiger partial charge in [-0.3, -0.25) is 0 Å². The lowest BCUT2D eigenvalue weighted by Gasteiger charge is -2.34. The summed E-state index contributed by atoms with van der Waals surface area (Å²) in [5.74, 6) is 1.27. The molecule has 0 aliphatic carbocycles. The van der Waals surface area contributed by atoms with Crippen LogP contribution in [0.1, 0.15) is 51.2 Å². The molecule has 0 radical (unpaired) electrons. The summed E-state index contributed by atoms with van der Waals surface area (Å²) in [5.41, 5.74) is 2.04. The maximum atomic E-state index is 13.2. The first-order valence-corrected chi connectivity index (χ1v) is 10.4. The molecule has 0 spiro atoms. The molecule has 1 heterocycles. The Bertz CT molecular complexity index is 659. The van der Waals surface area contributed by atoms with Crippen LogP contribution in [0.4, 0.5) is 0 Å². The molecule has 2 atom stereocenters. The average molecular weight is 354 g/mol. The van der Waals surface area contributed by atoms with Crippen LogP contribution in [0.5, 0.6) is 5.75 Å². The fourth-order valence-corrected chi connectivity index (χ4v) is 5.22. The highest BCUT2D eigenvalue weighted by Crippen LogP contribution is 2.33. The van der Waals surface area contributed by atoms with Crippen molar-refractivity contribution in [2.45, 2.75) is 58.8 Å². The van der Waals surface area contributed by atoms with Crippen molar-refractivity contribution in [1.82, 2.24) is 4.31 Å². The maximum absolute atomic E-state index is 13.2. The van der Waals surface area contributed by atoms with Gasteiger partial charge in [0.25, 0.3) is 0 Å². The predicted octanol–water partition coefficient (Wildman–Crippen LogP) is 4.15. The molecule has 1 aliphatic rings. The van der Waals surface area contributed by atoms with Crippen LogP contribution in [0.3, 0.4) is 0 Å². The Balaban J connectivity index is 2.38. The van der Waals surface area contributed by atoms with Crippen molar-refractivity contribution in [3.8, 4) is 5.75 Å². The quantitative estimate of drug-likeness (QED) is 0.722. The third-order valence-electron chi connectivity index (χ3n) is 4.77. The molecule has 0 unspecified atom stereocenters. The summed E-state index contributed by atoms with van der Waals surface area (Å²) >= 11 is 0. The summed E-state index contributed by atoms with van der Waals surface area (Å²) in [7, 11) is -3.53. The van der Waals surface area contributed by atoms with Crippen molar-refractivity contribution in [1.29, 1.82) is 0 Å². The fraction of sp³-hybridized carbons (Fsp3) is 0.684. The van der Waals surface area contributed by atoms with Crippen LogP contribution in [0.25, 0.3) is 0 Å². The van der Waals surface area contributed by atoms with Crippen LogP contribution in [0.2, 0.25) is 0 Å². The van der Waals surface area contributed by atoms with Crippen LogP contribution in [0.15, 0.2) is 17.0 Å². The average Bonchev–Trinajstić information content (AvgIpc) is 2.49. The SMILES string of the molecule is CCCCOc1cc(C)c(C)cc1S(=O)(=O)N1C[C@H](C)C[C@H](C)C1. The van der Waals surface area contributed by atoms with E-state index in [0.29, 0.717) is 42.2 Å². The predicted molar refractivity (Wildman–Crippen MR) is 98.0 cm³/mol. The highest BCUT2D eigenvalue weighted by molar-refractivity contribution is 7.89. The van der Waals surface area contributed by atoms with Gasteiger partial charge >= 0.3 is 0 Å². The van der Waals surface area contributed by atoms with E-state index >= 15 is 0 Å². The van der Waals surface area contributed by atoms with E-state index in [-0.39, 0.29) is 0 Å². The van der Waals surface area contributed by atoms with Gasteiger partial charge in [0.05, 0.1) is 6.61 Å². The van der Waals surface area contributed by atoms with Gasteiger partial charge in [-0.25, -0.2) is 8.42 Å². The van der Waals surface area contributed by atoms with Crippen molar-refractivity contribution in [3.05, 3.63) is 23.3 Å². The second kappa shape index (κ2) is 7.87. The van der Waals surface area contributed by atoms with Crippen molar-refractivity contribution in [3.63, 3.8) is 0 Å². The molecule has 1 fully saturated rings. The zero-order chi connectivity index (χ0) is 17.9. The number of rotatable bonds is 6. The van der Waals surface area contributed by atoms with E-state index in [2.05, 4.69) is 20.8 Å². The van der Waals surface area contributed by atoms with Gasteiger partial charge in [-0.05, 0) is 61.8 Å². The Kier molecular flexibility index (Phi) is 6.32. The van der Waals surface area contributed by atoms with Crippen molar-refractivity contribution in [2.75, 3.05) is 19.7 Å². The van der Waals surface area contributed by atoms with Gasteiger partial charge in [-0.1, -0.05) is 27.2 Å². The van der Waals surface area contributed by atoms with E-state index in [1.807, 2.05) is 19.9 Å². The van der Waals surface area contributed by atoms with E-state index in [0.717, 1.165) is 30.4 Å². The Morgan fingerprint density at radius 2 is 1.71 bits per heavy atom. The summed E-state index contributed by atoms with van der Waals surface area (Å²) in [6.07, 6.45) is 3.02. The molecule has 0 saturated carbocycles. The van der Waals surface area contributed by atoms with Crippen molar-refractivity contribution in [2.24, 2.45) is 11.8 Å². The number of sulfonamides is 1. The molecule has 2 rings (SSSR count). The normalized spacial score (nSPS) is 22.5. The molecule has 1 saturated heterocycles. The van der Waals surface area contributed by atoms with E-state index < -0.39 is 10.0 Å². The highest BCUT2D eigenvalue weighted by atomic mass is 32.2. The first kappa shape index (κ1) is 19.3. The highest BCUT2D eigenvalue weighted by Gasteiger charge is 2.33. The molecule has 0 bridgehead atoms.